The van der Waals surface area contributed by atoms with Crippen molar-refractivity contribution in [1.29, 1.82) is 0 Å². The van der Waals surface area contributed by atoms with Crippen molar-refractivity contribution in [1.82, 2.24) is 10.6 Å². The molecule has 2 heterocycles. The number of hydrogen-bond acceptors (Lipinski definition) is 2. The van der Waals surface area contributed by atoms with E-state index in [1.54, 1.807) is 0 Å². The van der Waals surface area contributed by atoms with Gasteiger partial charge in [-0.3, -0.25) is 0 Å². The third kappa shape index (κ3) is 6.62. The Morgan fingerprint density at radius 1 is 0.905 bits per heavy atom. The van der Waals surface area contributed by atoms with Gasteiger partial charge < -0.3 is 10.6 Å². The Morgan fingerprint density at radius 2 is 1.52 bits per heavy atom. The number of benzene rings is 1. The summed E-state index contributed by atoms with van der Waals surface area (Å²) < 4.78 is 0. The predicted octanol–water partition coefficient (Wildman–Crippen LogP) is 3.48. The van der Waals surface area contributed by atoms with Crippen molar-refractivity contribution in [2.24, 2.45) is 17.8 Å². The fourth-order valence-electron chi connectivity index (χ4n) is 3.46. The van der Waals surface area contributed by atoms with Crippen molar-refractivity contribution in [3.63, 3.8) is 0 Å². The molecule has 0 bridgehead atoms. The van der Waals surface area contributed by atoms with Gasteiger partial charge in [-0.15, -0.1) is 0 Å². The maximum atomic E-state index is 3.40. The van der Waals surface area contributed by atoms with Crippen LogP contribution in [0.15, 0.2) is 30.3 Å². The molecular weight excluding hydrogens is 256 g/mol. The molecule has 0 radical (unpaired) electrons. The van der Waals surface area contributed by atoms with Crippen molar-refractivity contribution in [2.75, 3.05) is 26.2 Å². The summed E-state index contributed by atoms with van der Waals surface area (Å²) >= 11 is 0. The first-order valence-electron chi connectivity index (χ1n) is 8.69. The lowest BCUT2D eigenvalue weighted by molar-refractivity contribution is 0.321. The van der Waals surface area contributed by atoms with Crippen LogP contribution in [0.3, 0.4) is 0 Å². The van der Waals surface area contributed by atoms with Crippen molar-refractivity contribution in [2.45, 2.75) is 39.5 Å². The molecule has 2 nitrogen and oxygen atoms in total. The molecule has 0 amide bonds. The van der Waals surface area contributed by atoms with Crippen molar-refractivity contribution >= 4 is 0 Å². The van der Waals surface area contributed by atoms with E-state index >= 15 is 0 Å². The molecule has 21 heavy (non-hydrogen) atoms. The zero-order valence-electron chi connectivity index (χ0n) is 13.8. The monoisotopic (exact) mass is 288 g/mol. The average molecular weight is 288 g/mol. The normalized spacial score (nSPS) is 26.8. The molecule has 1 aromatic carbocycles. The molecule has 2 unspecified atom stereocenters. The second-order valence-corrected chi connectivity index (χ2v) is 6.99. The first kappa shape index (κ1) is 16.5. The van der Waals surface area contributed by atoms with Crippen LogP contribution in [0, 0.1) is 17.8 Å². The third-order valence-electron chi connectivity index (χ3n) is 4.62. The topological polar surface area (TPSA) is 24.1 Å². The van der Waals surface area contributed by atoms with Gasteiger partial charge in [0.1, 0.15) is 0 Å². The Morgan fingerprint density at radius 3 is 2.05 bits per heavy atom. The molecule has 2 fully saturated rings. The lowest BCUT2D eigenvalue weighted by Gasteiger charge is -2.24. The van der Waals surface area contributed by atoms with E-state index in [1.165, 1.54) is 57.4 Å². The van der Waals surface area contributed by atoms with Gasteiger partial charge in [0, 0.05) is 0 Å². The van der Waals surface area contributed by atoms with E-state index in [4.69, 9.17) is 0 Å². The van der Waals surface area contributed by atoms with Crippen LogP contribution in [0.4, 0.5) is 0 Å². The molecule has 118 valence electrons. The maximum Gasteiger partial charge on any atom is -0.00229 e. The predicted molar refractivity (Wildman–Crippen MR) is 91.6 cm³/mol. The van der Waals surface area contributed by atoms with Crippen LogP contribution in [-0.4, -0.2) is 26.2 Å². The van der Waals surface area contributed by atoms with Crippen LogP contribution in [0.25, 0.3) is 0 Å². The van der Waals surface area contributed by atoms with Gasteiger partial charge >= 0.3 is 0 Å². The van der Waals surface area contributed by atoms with Gasteiger partial charge in [-0.2, -0.15) is 0 Å². The fourth-order valence-corrected chi connectivity index (χ4v) is 3.46. The Kier molecular flexibility index (Phi) is 7.25. The van der Waals surface area contributed by atoms with Gasteiger partial charge in [0.25, 0.3) is 0 Å². The summed E-state index contributed by atoms with van der Waals surface area (Å²) in [5.74, 6) is 2.71. The smallest absolute Gasteiger partial charge is 0.00229 e. The molecular formula is C19H32N2. The van der Waals surface area contributed by atoms with Crippen LogP contribution >= 0.6 is 0 Å². The highest BCUT2D eigenvalue weighted by Crippen LogP contribution is 2.17. The van der Waals surface area contributed by atoms with Crippen LogP contribution in [-0.2, 0) is 6.42 Å². The van der Waals surface area contributed by atoms with Crippen LogP contribution in [0.1, 0.15) is 38.7 Å². The minimum atomic E-state index is 0.902. The molecule has 2 heteroatoms. The molecule has 2 saturated heterocycles. The fraction of sp³-hybridized carbons (Fsp3) is 0.684. The molecule has 2 aliphatic rings. The Bertz CT molecular complexity index is 362. The minimum absolute atomic E-state index is 0.902. The van der Waals surface area contributed by atoms with E-state index < -0.39 is 0 Å². The van der Waals surface area contributed by atoms with E-state index in [2.05, 4.69) is 54.8 Å². The highest BCUT2D eigenvalue weighted by molar-refractivity contribution is 5.15. The van der Waals surface area contributed by atoms with E-state index in [0.717, 1.165) is 17.8 Å². The minimum Gasteiger partial charge on any atom is -0.317 e. The highest BCUT2D eigenvalue weighted by Gasteiger charge is 2.13. The van der Waals surface area contributed by atoms with Gasteiger partial charge in [0.15, 0.2) is 0 Å². The largest absolute Gasteiger partial charge is 0.317 e. The van der Waals surface area contributed by atoms with E-state index in [-0.39, 0.29) is 0 Å². The summed E-state index contributed by atoms with van der Waals surface area (Å²) in [6.45, 7) is 9.48. The van der Waals surface area contributed by atoms with Crippen molar-refractivity contribution in [3.8, 4) is 0 Å². The van der Waals surface area contributed by atoms with Gasteiger partial charge in [0.05, 0.1) is 0 Å². The molecule has 0 aromatic heterocycles. The van der Waals surface area contributed by atoms with Crippen molar-refractivity contribution < 1.29 is 0 Å². The summed E-state index contributed by atoms with van der Waals surface area (Å²) in [5.41, 5.74) is 1.49. The molecule has 2 N–H and O–H groups in total. The second kappa shape index (κ2) is 9.22. The number of hydrogen-bond donors (Lipinski definition) is 2. The summed E-state index contributed by atoms with van der Waals surface area (Å²) in [5, 5.41) is 6.78. The zero-order valence-corrected chi connectivity index (χ0v) is 13.8. The van der Waals surface area contributed by atoms with Crippen LogP contribution in [0.5, 0.6) is 0 Å². The van der Waals surface area contributed by atoms with Gasteiger partial charge in [-0.1, -0.05) is 44.2 Å². The first-order valence-corrected chi connectivity index (χ1v) is 8.69. The summed E-state index contributed by atoms with van der Waals surface area (Å²) in [6, 6.07) is 10.8. The van der Waals surface area contributed by atoms with E-state index in [1.807, 2.05) is 0 Å². The summed E-state index contributed by atoms with van der Waals surface area (Å²) in [7, 11) is 0. The second-order valence-electron chi connectivity index (χ2n) is 6.99. The maximum absolute atomic E-state index is 3.40. The molecule has 0 aliphatic carbocycles. The standard InChI is InChI=1S/C12H17N.C7H15N/c1-2-4-11(5-3-1)10-12-6-8-13-9-7-12;1-6-3-7(2)5-8-4-6/h1-5,12-13H,6-10H2;6-8H,3-5H2,1-2H3. The number of rotatable bonds is 2. The summed E-state index contributed by atoms with van der Waals surface area (Å²) in [4.78, 5) is 0. The van der Waals surface area contributed by atoms with E-state index in [9.17, 15) is 0 Å². The lowest BCUT2D eigenvalue weighted by atomic mass is 9.91. The Hall–Kier alpha value is -0.860. The third-order valence-corrected chi connectivity index (χ3v) is 4.62. The molecule has 1 aromatic rings. The van der Waals surface area contributed by atoms with Crippen LogP contribution in [0.2, 0.25) is 0 Å². The van der Waals surface area contributed by atoms with Crippen LogP contribution < -0.4 is 10.6 Å². The van der Waals surface area contributed by atoms with Gasteiger partial charge in [-0.25, -0.2) is 0 Å². The quantitative estimate of drug-likeness (QED) is 0.870. The first-order chi connectivity index (χ1) is 10.2. The number of piperidine rings is 2. The molecule has 3 rings (SSSR count). The SMILES string of the molecule is CC1CNCC(C)C1.c1ccc(CC2CCNCC2)cc1. The van der Waals surface area contributed by atoms with Gasteiger partial charge in [0.2, 0.25) is 0 Å². The molecule has 2 aliphatic heterocycles. The zero-order chi connectivity index (χ0) is 14.9. The van der Waals surface area contributed by atoms with E-state index in [0.29, 0.717) is 0 Å². The highest BCUT2D eigenvalue weighted by atomic mass is 14.9. The Labute approximate surface area is 130 Å². The van der Waals surface area contributed by atoms with Gasteiger partial charge in [-0.05, 0) is 75.2 Å². The molecule has 2 atom stereocenters. The molecule has 0 spiro atoms. The molecule has 0 saturated carbocycles. The average Bonchev–Trinajstić information content (AvgIpc) is 2.50. The number of nitrogens with one attached hydrogen (secondary N) is 2. The lowest BCUT2D eigenvalue weighted by Crippen LogP contribution is -2.33. The Balaban J connectivity index is 0.000000173. The summed E-state index contributed by atoms with van der Waals surface area (Å²) in [6.07, 6.45) is 5.36. The van der Waals surface area contributed by atoms with Crippen molar-refractivity contribution in [3.05, 3.63) is 35.9 Å².